The van der Waals surface area contributed by atoms with Crippen molar-refractivity contribution in [3.63, 3.8) is 0 Å². The van der Waals surface area contributed by atoms with Gasteiger partial charge >= 0.3 is 0 Å². The van der Waals surface area contributed by atoms with Gasteiger partial charge in [0.1, 0.15) is 0 Å². The first-order valence-electron chi connectivity index (χ1n) is 5.92. The molecule has 1 rings (SSSR count). The molecule has 13 heavy (non-hydrogen) atoms. The van der Waals surface area contributed by atoms with Gasteiger partial charge < -0.3 is 5.11 Å². The van der Waals surface area contributed by atoms with Gasteiger partial charge in [0.15, 0.2) is 0 Å². The van der Waals surface area contributed by atoms with E-state index >= 15 is 0 Å². The molecule has 1 aliphatic carbocycles. The Morgan fingerprint density at radius 2 is 2.08 bits per heavy atom. The lowest BCUT2D eigenvalue weighted by Crippen LogP contribution is -2.17. The first kappa shape index (κ1) is 11.0. The summed E-state index contributed by atoms with van der Waals surface area (Å²) < 4.78 is 0. The van der Waals surface area contributed by atoms with Crippen molar-refractivity contribution in [1.29, 1.82) is 0 Å². The minimum absolute atomic E-state index is 0.00324. The number of hydrogen-bond acceptors (Lipinski definition) is 1. The second-order valence-corrected chi connectivity index (χ2v) is 4.74. The van der Waals surface area contributed by atoms with Crippen LogP contribution in [0, 0.1) is 11.8 Å². The maximum absolute atomic E-state index is 9.89. The molecule has 0 heterocycles. The normalized spacial score (nSPS) is 30.7. The molecular weight excluding hydrogens is 160 g/mol. The molecule has 1 saturated carbocycles. The zero-order valence-corrected chi connectivity index (χ0v) is 9.13. The molecule has 0 saturated heterocycles. The smallest absolute Gasteiger partial charge is 0.0568 e. The Labute approximate surface area is 82.5 Å². The van der Waals surface area contributed by atoms with E-state index in [9.17, 15) is 5.11 Å². The number of aliphatic hydroxyl groups is 1. The second-order valence-electron chi connectivity index (χ2n) is 4.74. The van der Waals surface area contributed by atoms with E-state index in [-0.39, 0.29) is 6.10 Å². The Bertz CT molecular complexity index is 133. The summed E-state index contributed by atoms with van der Waals surface area (Å²) in [6.45, 7) is 4.52. The molecular formula is C12H24O. The first-order chi connectivity index (χ1) is 6.24. The van der Waals surface area contributed by atoms with Crippen LogP contribution in [-0.4, -0.2) is 11.2 Å². The summed E-state index contributed by atoms with van der Waals surface area (Å²) in [5.74, 6) is 1.47. The lowest BCUT2D eigenvalue weighted by molar-refractivity contribution is 0.0973. The van der Waals surface area contributed by atoms with Gasteiger partial charge in [0.25, 0.3) is 0 Å². The predicted molar refractivity (Wildman–Crippen MR) is 56.7 cm³/mol. The third-order valence-corrected chi connectivity index (χ3v) is 3.38. The largest absolute Gasteiger partial charge is 0.393 e. The van der Waals surface area contributed by atoms with Crippen LogP contribution in [0.4, 0.5) is 0 Å². The molecule has 0 aromatic heterocycles. The monoisotopic (exact) mass is 184 g/mol. The molecule has 0 radical (unpaired) electrons. The minimum Gasteiger partial charge on any atom is -0.393 e. The molecule has 1 nitrogen and oxygen atoms in total. The molecule has 1 heteroatoms. The highest BCUT2D eigenvalue weighted by Gasteiger charge is 2.26. The van der Waals surface area contributed by atoms with Crippen molar-refractivity contribution in [3.05, 3.63) is 0 Å². The van der Waals surface area contributed by atoms with Crippen LogP contribution in [0.1, 0.15) is 58.8 Å². The summed E-state index contributed by atoms with van der Waals surface area (Å²) in [4.78, 5) is 0. The molecule has 1 N–H and O–H groups in total. The maximum Gasteiger partial charge on any atom is 0.0568 e. The van der Waals surface area contributed by atoms with Gasteiger partial charge in [0.05, 0.1) is 6.10 Å². The number of rotatable bonds is 5. The molecule has 1 fully saturated rings. The fourth-order valence-corrected chi connectivity index (χ4v) is 2.44. The van der Waals surface area contributed by atoms with Gasteiger partial charge in [-0.25, -0.2) is 0 Å². The SMILES string of the molecule is CCCCCC(O)C1CCC(C)C1. The molecule has 0 aromatic carbocycles. The van der Waals surface area contributed by atoms with E-state index in [1.54, 1.807) is 0 Å². The van der Waals surface area contributed by atoms with Gasteiger partial charge in [-0.05, 0) is 31.1 Å². The molecule has 1 aliphatic rings. The summed E-state index contributed by atoms with van der Waals surface area (Å²) in [5.41, 5.74) is 0. The summed E-state index contributed by atoms with van der Waals surface area (Å²) >= 11 is 0. The minimum atomic E-state index is -0.00324. The van der Waals surface area contributed by atoms with Gasteiger partial charge in [-0.3, -0.25) is 0 Å². The van der Waals surface area contributed by atoms with Crippen LogP contribution in [0.5, 0.6) is 0 Å². The van der Waals surface area contributed by atoms with E-state index < -0.39 is 0 Å². The van der Waals surface area contributed by atoms with Crippen molar-refractivity contribution >= 4 is 0 Å². The maximum atomic E-state index is 9.89. The van der Waals surface area contributed by atoms with Gasteiger partial charge in [0.2, 0.25) is 0 Å². The summed E-state index contributed by atoms with van der Waals surface area (Å²) in [7, 11) is 0. The van der Waals surface area contributed by atoms with Crippen LogP contribution in [0.3, 0.4) is 0 Å². The third-order valence-electron chi connectivity index (χ3n) is 3.38. The van der Waals surface area contributed by atoms with Crippen LogP contribution < -0.4 is 0 Å². The molecule has 0 aliphatic heterocycles. The predicted octanol–water partition coefficient (Wildman–Crippen LogP) is 3.36. The Kier molecular flexibility index (Phi) is 4.79. The highest BCUT2D eigenvalue weighted by Crippen LogP contribution is 2.33. The fourth-order valence-electron chi connectivity index (χ4n) is 2.44. The van der Waals surface area contributed by atoms with E-state index in [0.717, 1.165) is 12.3 Å². The number of unbranched alkanes of at least 4 members (excludes halogenated alkanes) is 2. The van der Waals surface area contributed by atoms with Crippen molar-refractivity contribution in [1.82, 2.24) is 0 Å². The molecule has 78 valence electrons. The molecule has 0 amide bonds. The summed E-state index contributed by atoms with van der Waals surface area (Å²) in [5, 5.41) is 9.89. The third kappa shape index (κ3) is 3.68. The van der Waals surface area contributed by atoms with E-state index in [2.05, 4.69) is 13.8 Å². The van der Waals surface area contributed by atoms with Gasteiger partial charge in [-0.2, -0.15) is 0 Å². The summed E-state index contributed by atoms with van der Waals surface area (Å²) in [6, 6.07) is 0. The highest BCUT2D eigenvalue weighted by atomic mass is 16.3. The zero-order valence-electron chi connectivity index (χ0n) is 9.13. The number of hydrogen-bond donors (Lipinski definition) is 1. The standard InChI is InChI=1S/C12H24O/c1-3-4-5-6-12(13)11-8-7-10(2)9-11/h10-13H,3-9H2,1-2H3. The van der Waals surface area contributed by atoms with Crippen molar-refractivity contribution in [3.8, 4) is 0 Å². The van der Waals surface area contributed by atoms with Crippen LogP contribution in [0.25, 0.3) is 0 Å². The van der Waals surface area contributed by atoms with Crippen LogP contribution in [0.2, 0.25) is 0 Å². The second kappa shape index (κ2) is 5.64. The molecule has 0 spiro atoms. The quantitative estimate of drug-likeness (QED) is 0.650. The van der Waals surface area contributed by atoms with Crippen molar-refractivity contribution in [2.75, 3.05) is 0 Å². The van der Waals surface area contributed by atoms with Crippen molar-refractivity contribution < 1.29 is 5.11 Å². The Morgan fingerprint density at radius 3 is 2.62 bits per heavy atom. The van der Waals surface area contributed by atoms with Gasteiger partial charge in [-0.15, -0.1) is 0 Å². The zero-order chi connectivity index (χ0) is 9.68. The Hall–Kier alpha value is -0.0400. The molecule has 3 atom stereocenters. The molecule has 0 bridgehead atoms. The first-order valence-corrected chi connectivity index (χ1v) is 5.92. The van der Waals surface area contributed by atoms with Crippen LogP contribution in [0.15, 0.2) is 0 Å². The van der Waals surface area contributed by atoms with Gasteiger partial charge in [0, 0.05) is 0 Å². The summed E-state index contributed by atoms with van der Waals surface area (Å²) in [6.07, 6.45) is 8.62. The Balaban J connectivity index is 2.12. The van der Waals surface area contributed by atoms with Crippen molar-refractivity contribution in [2.24, 2.45) is 11.8 Å². The molecule has 0 aromatic rings. The lowest BCUT2D eigenvalue weighted by Gasteiger charge is -2.17. The number of aliphatic hydroxyl groups excluding tert-OH is 1. The van der Waals surface area contributed by atoms with E-state index in [0.29, 0.717) is 5.92 Å². The van der Waals surface area contributed by atoms with Crippen molar-refractivity contribution in [2.45, 2.75) is 64.9 Å². The van der Waals surface area contributed by atoms with E-state index in [4.69, 9.17) is 0 Å². The Morgan fingerprint density at radius 1 is 1.31 bits per heavy atom. The van der Waals surface area contributed by atoms with Crippen LogP contribution in [-0.2, 0) is 0 Å². The van der Waals surface area contributed by atoms with E-state index in [1.165, 1.54) is 38.5 Å². The fraction of sp³-hybridized carbons (Fsp3) is 1.00. The lowest BCUT2D eigenvalue weighted by atomic mass is 9.95. The van der Waals surface area contributed by atoms with E-state index in [1.807, 2.05) is 0 Å². The topological polar surface area (TPSA) is 20.2 Å². The van der Waals surface area contributed by atoms with Crippen LogP contribution >= 0.6 is 0 Å². The van der Waals surface area contributed by atoms with Gasteiger partial charge in [-0.1, -0.05) is 39.5 Å². The molecule has 3 unspecified atom stereocenters. The highest BCUT2D eigenvalue weighted by molar-refractivity contribution is 4.78. The average Bonchev–Trinajstić information content (AvgIpc) is 2.52. The average molecular weight is 184 g/mol.